The summed E-state index contributed by atoms with van der Waals surface area (Å²) < 4.78 is 5.28. The second kappa shape index (κ2) is 6.55. The lowest BCUT2D eigenvalue weighted by molar-refractivity contribution is -0.152. The Kier molecular flexibility index (Phi) is 5.35. The maximum Gasteiger partial charge on any atom is 0.309 e. The second-order valence-electron chi connectivity index (χ2n) is 5.22. The number of ether oxygens (including phenoxy) is 1. The van der Waals surface area contributed by atoms with Crippen molar-refractivity contribution in [3.63, 3.8) is 0 Å². The summed E-state index contributed by atoms with van der Waals surface area (Å²) in [4.78, 5) is 11.9. The topological polar surface area (TPSA) is 46.5 Å². The molecule has 1 atom stereocenters. The lowest BCUT2D eigenvalue weighted by atomic mass is 9.92. The van der Waals surface area contributed by atoms with Crippen molar-refractivity contribution in [3.05, 3.63) is 35.9 Å². The lowest BCUT2D eigenvalue weighted by Crippen LogP contribution is -2.28. The monoisotopic (exact) mass is 250 g/mol. The summed E-state index contributed by atoms with van der Waals surface area (Å²) in [6.45, 7) is 5.64. The smallest absolute Gasteiger partial charge is 0.309 e. The van der Waals surface area contributed by atoms with Crippen LogP contribution >= 0.6 is 0 Å². The molecule has 1 aromatic carbocycles. The molecule has 1 N–H and O–H groups in total. The van der Waals surface area contributed by atoms with E-state index < -0.39 is 5.60 Å². The third-order valence-electron chi connectivity index (χ3n) is 2.80. The molecule has 18 heavy (non-hydrogen) atoms. The van der Waals surface area contributed by atoms with Crippen molar-refractivity contribution < 1.29 is 14.6 Å². The molecular formula is C15H22O3. The van der Waals surface area contributed by atoms with Crippen molar-refractivity contribution in [1.29, 1.82) is 0 Å². The van der Waals surface area contributed by atoms with Gasteiger partial charge in [-0.2, -0.15) is 0 Å². The van der Waals surface area contributed by atoms with E-state index in [1.807, 2.05) is 37.3 Å². The van der Waals surface area contributed by atoms with Crippen LogP contribution in [-0.2, 0) is 16.1 Å². The zero-order valence-electron chi connectivity index (χ0n) is 11.3. The lowest BCUT2D eigenvalue weighted by Gasteiger charge is -2.22. The highest BCUT2D eigenvalue weighted by atomic mass is 16.5. The van der Waals surface area contributed by atoms with E-state index in [4.69, 9.17) is 4.74 Å². The van der Waals surface area contributed by atoms with Crippen LogP contribution in [-0.4, -0.2) is 16.7 Å². The number of carbonyl (C=O) groups excluding carboxylic acids is 1. The van der Waals surface area contributed by atoms with Crippen LogP contribution in [0.1, 0.15) is 39.2 Å². The average Bonchev–Trinajstić information content (AvgIpc) is 2.33. The standard InChI is InChI=1S/C15H22O3/c1-4-13(10-15(2,3)17)14(16)18-11-12-8-6-5-7-9-12/h5-9,13,17H,4,10-11H2,1-3H3. The Hall–Kier alpha value is -1.35. The Morgan fingerprint density at radius 2 is 1.94 bits per heavy atom. The molecular weight excluding hydrogens is 228 g/mol. The largest absolute Gasteiger partial charge is 0.461 e. The summed E-state index contributed by atoms with van der Waals surface area (Å²) in [7, 11) is 0. The molecule has 0 radical (unpaired) electrons. The van der Waals surface area contributed by atoms with Crippen molar-refractivity contribution in [3.8, 4) is 0 Å². The highest BCUT2D eigenvalue weighted by Gasteiger charge is 2.25. The van der Waals surface area contributed by atoms with Crippen LogP contribution in [0.3, 0.4) is 0 Å². The first-order valence-corrected chi connectivity index (χ1v) is 6.35. The molecule has 3 nitrogen and oxygen atoms in total. The van der Waals surface area contributed by atoms with Gasteiger partial charge >= 0.3 is 5.97 Å². The molecule has 0 aliphatic carbocycles. The number of hydrogen-bond donors (Lipinski definition) is 1. The molecule has 0 saturated heterocycles. The summed E-state index contributed by atoms with van der Waals surface area (Å²) in [5, 5.41) is 9.75. The molecule has 0 amide bonds. The van der Waals surface area contributed by atoms with Gasteiger partial charge in [0.15, 0.2) is 0 Å². The van der Waals surface area contributed by atoms with Crippen molar-refractivity contribution >= 4 is 5.97 Å². The van der Waals surface area contributed by atoms with Gasteiger partial charge in [-0.05, 0) is 32.3 Å². The maximum atomic E-state index is 11.9. The van der Waals surface area contributed by atoms with Gasteiger partial charge in [-0.25, -0.2) is 0 Å². The molecule has 0 aliphatic heterocycles. The van der Waals surface area contributed by atoms with E-state index in [1.54, 1.807) is 13.8 Å². The minimum atomic E-state index is -0.841. The minimum absolute atomic E-state index is 0.233. The predicted molar refractivity (Wildman–Crippen MR) is 70.9 cm³/mol. The zero-order valence-corrected chi connectivity index (χ0v) is 11.3. The van der Waals surface area contributed by atoms with Crippen LogP contribution in [0.4, 0.5) is 0 Å². The molecule has 0 aliphatic rings. The Morgan fingerprint density at radius 1 is 1.33 bits per heavy atom. The van der Waals surface area contributed by atoms with Crippen molar-refractivity contribution in [1.82, 2.24) is 0 Å². The number of hydrogen-bond acceptors (Lipinski definition) is 3. The van der Waals surface area contributed by atoms with Crippen LogP contribution in [0.5, 0.6) is 0 Å². The van der Waals surface area contributed by atoms with Crippen LogP contribution in [0.25, 0.3) is 0 Å². The summed E-state index contributed by atoms with van der Waals surface area (Å²) in [5.41, 5.74) is 0.135. The number of benzene rings is 1. The Morgan fingerprint density at radius 3 is 2.44 bits per heavy atom. The van der Waals surface area contributed by atoms with E-state index >= 15 is 0 Å². The van der Waals surface area contributed by atoms with E-state index in [0.717, 1.165) is 5.56 Å². The normalized spacial score (nSPS) is 13.1. The van der Waals surface area contributed by atoms with Gasteiger partial charge in [0.25, 0.3) is 0 Å². The fraction of sp³-hybridized carbons (Fsp3) is 0.533. The van der Waals surface area contributed by atoms with Gasteiger partial charge in [0.1, 0.15) is 6.61 Å². The van der Waals surface area contributed by atoms with E-state index in [0.29, 0.717) is 19.4 Å². The third-order valence-corrected chi connectivity index (χ3v) is 2.80. The average molecular weight is 250 g/mol. The van der Waals surface area contributed by atoms with E-state index in [9.17, 15) is 9.90 Å². The summed E-state index contributed by atoms with van der Waals surface area (Å²) >= 11 is 0. The minimum Gasteiger partial charge on any atom is -0.461 e. The summed E-state index contributed by atoms with van der Waals surface area (Å²) in [5.74, 6) is -0.475. The first-order valence-electron chi connectivity index (χ1n) is 6.35. The van der Waals surface area contributed by atoms with Crippen molar-refractivity contribution in [2.24, 2.45) is 5.92 Å². The molecule has 100 valence electrons. The van der Waals surface area contributed by atoms with Gasteiger partial charge < -0.3 is 9.84 Å². The molecule has 1 aromatic rings. The van der Waals surface area contributed by atoms with Gasteiger partial charge in [-0.15, -0.1) is 0 Å². The summed E-state index contributed by atoms with van der Waals surface area (Å²) in [6, 6.07) is 9.59. The van der Waals surface area contributed by atoms with Crippen LogP contribution < -0.4 is 0 Å². The predicted octanol–water partition coefficient (Wildman–Crippen LogP) is 2.92. The van der Waals surface area contributed by atoms with Crippen LogP contribution in [0, 0.1) is 5.92 Å². The van der Waals surface area contributed by atoms with E-state index in [2.05, 4.69) is 0 Å². The Labute approximate surface area is 109 Å². The molecule has 0 bridgehead atoms. The maximum absolute atomic E-state index is 11.9. The van der Waals surface area contributed by atoms with Crippen molar-refractivity contribution in [2.45, 2.75) is 45.8 Å². The van der Waals surface area contributed by atoms with Crippen molar-refractivity contribution in [2.75, 3.05) is 0 Å². The zero-order chi connectivity index (χ0) is 13.6. The van der Waals surface area contributed by atoms with Crippen LogP contribution in [0.2, 0.25) is 0 Å². The molecule has 1 rings (SSSR count). The number of carbonyl (C=O) groups is 1. The van der Waals surface area contributed by atoms with Gasteiger partial charge in [-0.3, -0.25) is 4.79 Å². The second-order valence-corrected chi connectivity index (χ2v) is 5.22. The van der Waals surface area contributed by atoms with Gasteiger partial charge in [0.05, 0.1) is 11.5 Å². The molecule has 3 heteroatoms. The molecule has 1 unspecified atom stereocenters. The number of esters is 1. The van der Waals surface area contributed by atoms with Gasteiger partial charge in [0, 0.05) is 0 Å². The van der Waals surface area contributed by atoms with Gasteiger partial charge in [0.2, 0.25) is 0 Å². The van der Waals surface area contributed by atoms with E-state index in [-0.39, 0.29) is 11.9 Å². The SMILES string of the molecule is CCC(CC(C)(C)O)C(=O)OCc1ccccc1. The Balaban J connectivity index is 2.48. The number of rotatable bonds is 6. The fourth-order valence-electron chi connectivity index (χ4n) is 1.84. The first-order chi connectivity index (χ1) is 8.42. The molecule has 0 spiro atoms. The summed E-state index contributed by atoms with van der Waals surface area (Å²) in [6.07, 6.45) is 1.11. The van der Waals surface area contributed by atoms with Gasteiger partial charge in [-0.1, -0.05) is 37.3 Å². The quantitative estimate of drug-likeness (QED) is 0.790. The van der Waals surface area contributed by atoms with E-state index in [1.165, 1.54) is 0 Å². The number of aliphatic hydroxyl groups is 1. The highest BCUT2D eigenvalue weighted by molar-refractivity contribution is 5.72. The molecule has 0 aromatic heterocycles. The molecule has 0 fully saturated rings. The third kappa shape index (κ3) is 5.32. The fourth-order valence-corrected chi connectivity index (χ4v) is 1.84. The highest BCUT2D eigenvalue weighted by Crippen LogP contribution is 2.20. The van der Waals surface area contributed by atoms with Crippen LogP contribution in [0.15, 0.2) is 30.3 Å². The molecule has 0 heterocycles. The first kappa shape index (κ1) is 14.7. The molecule has 0 saturated carbocycles. The Bertz CT molecular complexity index is 365.